The number of aliphatic hydroxyl groups is 1. The molecule has 36 heavy (non-hydrogen) atoms. The molecular formula is C28H37N3O5. The highest BCUT2D eigenvalue weighted by molar-refractivity contribution is 5.99. The molecule has 0 atom stereocenters. The number of rotatable bonds is 11. The Labute approximate surface area is 212 Å². The van der Waals surface area contributed by atoms with Crippen LogP contribution < -0.4 is 15.5 Å². The average Bonchev–Trinajstić information content (AvgIpc) is 2.88. The first-order valence-corrected chi connectivity index (χ1v) is 12.6. The van der Waals surface area contributed by atoms with Crippen molar-refractivity contribution in [3.8, 4) is 5.75 Å². The highest BCUT2D eigenvalue weighted by Crippen LogP contribution is 2.20. The zero-order valence-electron chi connectivity index (χ0n) is 21.5. The van der Waals surface area contributed by atoms with Crippen molar-refractivity contribution in [3.05, 3.63) is 75.2 Å². The molecular weight excluding hydrogens is 458 g/mol. The molecule has 1 aromatic heterocycles. The van der Waals surface area contributed by atoms with Gasteiger partial charge in [0.25, 0.3) is 11.8 Å². The lowest BCUT2D eigenvalue weighted by atomic mass is 9.97. The smallest absolute Gasteiger partial charge is 0.259 e. The largest absolute Gasteiger partial charge is 0.496 e. The quantitative estimate of drug-likeness (QED) is 0.466. The Bertz CT molecular complexity index is 1150. The summed E-state index contributed by atoms with van der Waals surface area (Å²) in [6, 6.07) is 7.23. The lowest BCUT2D eigenvalue weighted by Gasteiger charge is -2.26. The molecule has 0 saturated heterocycles. The summed E-state index contributed by atoms with van der Waals surface area (Å²) in [7, 11) is 1.58. The number of para-hydroxylation sites is 1. The molecule has 2 aromatic rings. The van der Waals surface area contributed by atoms with E-state index in [0.717, 1.165) is 31.2 Å². The molecule has 1 heterocycles. The number of aromatic nitrogens is 1. The van der Waals surface area contributed by atoms with Gasteiger partial charge in [0.1, 0.15) is 16.9 Å². The van der Waals surface area contributed by atoms with Gasteiger partial charge in [-0.3, -0.25) is 14.4 Å². The SMILES string of the molecule is COc1ccccc1Cn1cc(C(=O)NCCC2=CCCCC2)c(=O)c(C(=O)N(CCO)C(C)C)c1. The van der Waals surface area contributed by atoms with Crippen molar-refractivity contribution in [1.29, 1.82) is 0 Å². The van der Waals surface area contributed by atoms with Gasteiger partial charge < -0.3 is 24.6 Å². The summed E-state index contributed by atoms with van der Waals surface area (Å²) in [6.45, 7) is 4.23. The van der Waals surface area contributed by atoms with Crippen LogP contribution >= 0.6 is 0 Å². The molecule has 3 rings (SSSR count). The van der Waals surface area contributed by atoms with Crippen LogP contribution in [0.15, 0.2) is 53.1 Å². The number of hydrogen-bond donors (Lipinski definition) is 2. The standard InChI is InChI=1S/C28H37N3O5/c1-20(2)31(15-16-32)28(35)24-19-30(17-22-11-7-8-12-25(22)36-3)18-23(26(24)33)27(34)29-14-13-21-9-5-4-6-10-21/h7-9,11-12,18-20,32H,4-6,10,13-17H2,1-3H3,(H,29,34). The maximum Gasteiger partial charge on any atom is 0.259 e. The molecule has 0 spiro atoms. The third-order valence-corrected chi connectivity index (χ3v) is 6.44. The van der Waals surface area contributed by atoms with Crippen molar-refractivity contribution in [2.24, 2.45) is 0 Å². The van der Waals surface area contributed by atoms with Gasteiger partial charge in [0.2, 0.25) is 5.43 Å². The summed E-state index contributed by atoms with van der Waals surface area (Å²) in [5.41, 5.74) is 1.37. The minimum atomic E-state index is -0.616. The Morgan fingerprint density at radius 2 is 1.92 bits per heavy atom. The van der Waals surface area contributed by atoms with Crippen molar-refractivity contribution < 1.29 is 19.4 Å². The van der Waals surface area contributed by atoms with E-state index in [1.54, 1.807) is 11.7 Å². The Balaban J connectivity index is 1.94. The summed E-state index contributed by atoms with van der Waals surface area (Å²) >= 11 is 0. The Hall–Kier alpha value is -3.39. The normalized spacial score (nSPS) is 13.3. The molecule has 0 unspecified atom stereocenters. The fourth-order valence-electron chi connectivity index (χ4n) is 4.49. The molecule has 194 valence electrons. The summed E-state index contributed by atoms with van der Waals surface area (Å²) in [5, 5.41) is 12.3. The first-order valence-electron chi connectivity index (χ1n) is 12.6. The average molecular weight is 496 g/mol. The minimum Gasteiger partial charge on any atom is -0.496 e. The Morgan fingerprint density at radius 3 is 2.58 bits per heavy atom. The molecule has 0 fully saturated rings. The van der Waals surface area contributed by atoms with Crippen LogP contribution in [0.5, 0.6) is 5.75 Å². The number of carbonyl (C=O) groups is 2. The topological polar surface area (TPSA) is 101 Å². The van der Waals surface area contributed by atoms with Gasteiger partial charge >= 0.3 is 0 Å². The summed E-state index contributed by atoms with van der Waals surface area (Å²) in [5.74, 6) is -0.349. The number of pyridine rings is 1. The van der Waals surface area contributed by atoms with Crippen LogP contribution in [0.2, 0.25) is 0 Å². The molecule has 2 N–H and O–H groups in total. The van der Waals surface area contributed by atoms with E-state index >= 15 is 0 Å². The van der Waals surface area contributed by atoms with Crippen molar-refractivity contribution in [2.75, 3.05) is 26.8 Å². The van der Waals surface area contributed by atoms with Gasteiger partial charge in [-0.15, -0.1) is 0 Å². The predicted molar refractivity (Wildman–Crippen MR) is 140 cm³/mol. The molecule has 1 aliphatic carbocycles. The van der Waals surface area contributed by atoms with Crippen LogP contribution in [0.25, 0.3) is 0 Å². The predicted octanol–water partition coefficient (Wildman–Crippen LogP) is 3.37. The molecule has 0 saturated carbocycles. The number of benzene rings is 1. The number of hydrogen-bond acceptors (Lipinski definition) is 5. The number of nitrogens with one attached hydrogen (secondary N) is 1. The van der Waals surface area contributed by atoms with E-state index in [0.29, 0.717) is 18.8 Å². The summed E-state index contributed by atoms with van der Waals surface area (Å²) < 4.78 is 7.12. The third kappa shape index (κ3) is 6.85. The lowest BCUT2D eigenvalue weighted by molar-refractivity contribution is 0.0663. The van der Waals surface area contributed by atoms with Crippen molar-refractivity contribution in [1.82, 2.24) is 14.8 Å². The molecule has 1 aromatic carbocycles. The molecule has 0 radical (unpaired) electrons. The number of amides is 2. The zero-order valence-corrected chi connectivity index (χ0v) is 21.5. The first-order chi connectivity index (χ1) is 17.3. The third-order valence-electron chi connectivity index (χ3n) is 6.44. The van der Waals surface area contributed by atoms with E-state index in [2.05, 4.69) is 11.4 Å². The second-order valence-electron chi connectivity index (χ2n) is 9.33. The summed E-state index contributed by atoms with van der Waals surface area (Å²) in [6.07, 6.45) is 10.4. The monoisotopic (exact) mass is 495 g/mol. The van der Waals surface area contributed by atoms with Crippen LogP contribution in [0.1, 0.15) is 72.2 Å². The van der Waals surface area contributed by atoms with E-state index in [-0.39, 0.29) is 30.3 Å². The lowest BCUT2D eigenvalue weighted by Crippen LogP contribution is -2.42. The zero-order chi connectivity index (χ0) is 26.1. The van der Waals surface area contributed by atoms with E-state index in [1.807, 2.05) is 38.1 Å². The molecule has 8 heteroatoms. The molecule has 0 bridgehead atoms. The van der Waals surface area contributed by atoms with Crippen LogP contribution in [-0.2, 0) is 6.54 Å². The maximum absolute atomic E-state index is 13.4. The number of nitrogens with zero attached hydrogens (tertiary/aromatic N) is 2. The van der Waals surface area contributed by atoms with Crippen molar-refractivity contribution >= 4 is 11.8 Å². The van der Waals surface area contributed by atoms with E-state index in [4.69, 9.17) is 4.74 Å². The number of aliphatic hydroxyl groups excluding tert-OH is 1. The highest BCUT2D eigenvalue weighted by Gasteiger charge is 2.25. The van der Waals surface area contributed by atoms with Crippen molar-refractivity contribution in [3.63, 3.8) is 0 Å². The molecule has 0 aliphatic heterocycles. The Kier molecular flexibility index (Phi) is 9.87. The van der Waals surface area contributed by atoms with Crippen LogP contribution in [-0.4, -0.2) is 59.2 Å². The van der Waals surface area contributed by atoms with E-state index in [1.165, 1.54) is 29.3 Å². The van der Waals surface area contributed by atoms with Gasteiger partial charge in [0.15, 0.2) is 0 Å². The highest BCUT2D eigenvalue weighted by atomic mass is 16.5. The fraction of sp³-hybridized carbons (Fsp3) is 0.464. The second kappa shape index (κ2) is 13.1. The summed E-state index contributed by atoms with van der Waals surface area (Å²) in [4.78, 5) is 41.3. The first kappa shape index (κ1) is 27.2. The van der Waals surface area contributed by atoms with Gasteiger partial charge in [-0.1, -0.05) is 29.8 Å². The van der Waals surface area contributed by atoms with Gasteiger partial charge in [-0.25, -0.2) is 0 Å². The van der Waals surface area contributed by atoms with E-state index < -0.39 is 17.2 Å². The van der Waals surface area contributed by atoms with Crippen molar-refractivity contribution in [2.45, 2.75) is 58.5 Å². The van der Waals surface area contributed by atoms with Gasteiger partial charge in [-0.05, 0) is 52.0 Å². The maximum atomic E-state index is 13.4. The van der Waals surface area contributed by atoms with Crippen LogP contribution in [0, 0.1) is 0 Å². The Morgan fingerprint density at radius 1 is 1.17 bits per heavy atom. The van der Waals surface area contributed by atoms with E-state index in [9.17, 15) is 19.5 Å². The number of carbonyl (C=O) groups excluding carboxylic acids is 2. The molecule has 2 amide bonds. The fourth-order valence-corrected chi connectivity index (χ4v) is 4.49. The van der Waals surface area contributed by atoms with Crippen LogP contribution in [0.3, 0.4) is 0 Å². The van der Waals surface area contributed by atoms with Gasteiger partial charge in [0.05, 0.1) is 20.3 Å². The number of methoxy groups -OCH3 is 1. The second-order valence-corrected chi connectivity index (χ2v) is 9.33. The van der Waals surface area contributed by atoms with Gasteiger partial charge in [0, 0.05) is 37.1 Å². The van der Waals surface area contributed by atoms with Crippen LogP contribution in [0.4, 0.5) is 0 Å². The molecule has 1 aliphatic rings. The molecule has 8 nitrogen and oxygen atoms in total. The number of ether oxygens (including phenoxy) is 1. The van der Waals surface area contributed by atoms with Gasteiger partial charge in [-0.2, -0.15) is 0 Å². The minimum absolute atomic E-state index is 0.0823. The number of allylic oxidation sites excluding steroid dienone is 1.